The molecule has 5 heteroatoms. The number of carbonyl (C=O) groups excluding carboxylic acids is 1. The third kappa shape index (κ3) is 7.25. The molecule has 0 radical (unpaired) electrons. The topological polar surface area (TPSA) is 51.0 Å². The Kier molecular flexibility index (Phi) is 10.6. The summed E-state index contributed by atoms with van der Waals surface area (Å²) in [6.45, 7) is 6.11. The van der Waals surface area contributed by atoms with E-state index in [0.717, 1.165) is 37.0 Å². The summed E-state index contributed by atoms with van der Waals surface area (Å²) < 4.78 is 1.48. The van der Waals surface area contributed by atoms with Crippen LogP contribution >= 0.6 is 0 Å². The molecule has 0 spiro atoms. The minimum atomic E-state index is -0.0317. The van der Waals surface area contributed by atoms with Crippen LogP contribution in [0.5, 0.6) is 0 Å². The van der Waals surface area contributed by atoms with Crippen LogP contribution in [0.2, 0.25) is 0 Å². The summed E-state index contributed by atoms with van der Waals surface area (Å²) in [5.74, 6) is 0. The molecular formula is C23H38N4O. The highest BCUT2D eigenvalue weighted by atomic mass is 16.2. The van der Waals surface area contributed by atoms with Crippen molar-refractivity contribution in [3.63, 3.8) is 0 Å². The Hall–Kier alpha value is -1.91. The summed E-state index contributed by atoms with van der Waals surface area (Å²) in [6, 6.07) is 7.65. The molecule has 1 heterocycles. The maximum absolute atomic E-state index is 13.1. The number of hydrogen-bond donors (Lipinski definition) is 0. The molecular weight excluding hydrogens is 348 g/mol. The van der Waals surface area contributed by atoms with Crippen molar-refractivity contribution in [2.24, 2.45) is 0 Å². The van der Waals surface area contributed by atoms with Gasteiger partial charge in [0.05, 0.1) is 5.52 Å². The van der Waals surface area contributed by atoms with Gasteiger partial charge >= 0.3 is 6.03 Å². The molecule has 156 valence electrons. The maximum atomic E-state index is 13.1. The van der Waals surface area contributed by atoms with Gasteiger partial charge in [0.2, 0.25) is 0 Å². The molecule has 0 fully saturated rings. The number of para-hydroxylation sites is 1. The van der Waals surface area contributed by atoms with Crippen molar-refractivity contribution in [2.75, 3.05) is 13.1 Å². The molecule has 2 rings (SSSR count). The average Bonchev–Trinajstić information content (AvgIpc) is 3.15. The minimum Gasteiger partial charge on any atom is -0.323 e. The van der Waals surface area contributed by atoms with Gasteiger partial charge in [-0.1, -0.05) is 95.4 Å². The number of amides is 1. The number of unbranched alkanes of at least 4 members (excludes halogenated alkanes) is 10. The summed E-state index contributed by atoms with van der Waals surface area (Å²) in [4.78, 5) is 15.1. The van der Waals surface area contributed by atoms with Gasteiger partial charge in [-0.15, -0.1) is 5.10 Å². The molecule has 0 saturated heterocycles. The fourth-order valence-corrected chi connectivity index (χ4v) is 3.61. The predicted molar refractivity (Wildman–Crippen MR) is 117 cm³/mol. The Morgan fingerprint density at radius 1 is 0.821 bits per heavy atom. The first-order valence-electron chi connectivity index (χ1n) is 11.4. The van der Waals surface area contributed by atoms with Gasteiger partial charge in [0.1, 0.15) is 5.52 Å². The standard InChI is InChI=1S/C23H38N4O/c1-3-5-7-9-11-15-19-26(20-16-12-10-8-6-4-2)23(28)27-22-18-14-13-17-21(22)24-25-27/h13-14,17-18H,3-12,15-16,19-20H2,1-2H3. The number of aromatic nitrogens is 3. The highest BCUT2D eigenvalue weighted by molar-refractivity contribution is 5.87. The van der Waals surface area contributed by atoms with E-state index in [4.69, 9.17) is 0 Å². The van der Waals surface area contributed by atoms with E-state index in [9.17, 15) is 4.79 Å². The Balaban J connectivity index is 1.91. The maximum Gasteiger partial charge on any atom is 0.346 e. The molecule has 2 aromatic rings. The first-order chi connectivity index (χ1) is 13.8. The molecule has 1 aromatic carbocycles. The van der Waals surface area contributed by atoms with Gasteiger partial charge in [-0.3, -0.25) is 0 Å². The molecule has 1 amide bonds. The second-order valence-corrected chi connectivity index (χ2v) is 7.80. The van der Waals surface area contributed by atoms with Crippen LogP contribution in [0.3, 0.4) is 0 Å². The second kappa shape index (κ2) is 13.3. The van der Waals surface area contributed by atoms with Gasteiger partial charge in [0, 0.05) is 13.1 Å². The zero-order valence-electron chi connectivity index (χ0n) is 17.9. The summed E-state index contributed by atoms with van der Waals surface area (Å²) in [5, 5.41) is 8.28. The third-order valence-corrected chi connectivity index (χ3v) is 5.37. The molecule has 0 saturated carbocycles. The average molecular weight is 387 g/mol. The van der Waals surface area contributed by atoms with Crippen LogP contribution in [0.25, 0.3) is 11.0 Å². The van der Waals surface area contributed by atoms with Crippen LogP contribution in [0.1, 0.15) is 90.9 Å². The van der Waals surface area contributed by atoms with Crippen LogP contribution in [-0.4, -0.2) is 39.0 Å². The van der Waals surface area contributed by atoms with E-state index in [0.29, 0.717) is 0 Å². The molecule has 0 aliphatic carbocycles. The van der Waals surface area contributed by atoms with Crippen molar-refractivity contribution >= 4 is 17.1 Å². The Bertz CT molecular complexity index is 666. The Labute approximate surface area is 170 Å². The van der Waals surface area contributed by atoms with Gasteiger partial charge in [0.25, 0.3) is 0 Å². The SMILES string of the molecule is CCCCCCCCN(CCCCCCCC)C(=O)n1nnc2ccccc21. The largest absolute Gasteiger partial charge is 0.346 e. The fraction of sp³-hybridized carbons (Fsp3) is 0.696. The molecule has 0 bridgehead atoms. The summed E-state index contributed by atoms with van der Waals surface area (Å²) in [7, 11) is 0. The fourth-order valence-electron chi connectivity index (χ4n) is 3.61. The zero-order chi connectivity index (χ0) is 20.0. The van der Waals surface area contributed by atoms with E-state index in [-0.39, 0.29) is 6.03 Å². The van der Waals surface area contributed by atoms with Gasteiger partial charge in [0.15, 0.2) is 0 Å². The van der Waals surface area contributed by atoms with Crippen molar-refractivity contribution in [1.29, 1.82) is 0 Å². The predicted octanol–water partition coefficient (Wildman–Crippen LogP) is 6.42. The molecule has 28 heavy (non-hydrogen) atoms. The summed E-state index contributed by atoms with van der Waals surface area (Å²) >= 11 is 0. The quantitative estimate of drug-likeness (QED) is 0.352. The lowest BCUT2D eigenvalue weighted by atomic mass is 10.1. The lowest BCUT2D eigenvalue weighted by Crippen LogP contribution is -2.37. The zero-order valence-corrected chi connectivity index (χ0v) is 17.9. The smallest absolute Gasteiger partial charge is 0.323 e. The molecule has 5 nitrogen and oxygen atoms in total. The monoisotopic (exact) mass is 386 g/mol. The van der Waals surface area contributed by atoms with Crippen LogP contribution in [0.15, 0.2) is 24.3 Å². The van der Waals surface area contributed by atoms with E-state index in [1.54, 1.807) is 0 Å². The third-order valence-electron chi connectivity index (χ3n) is 5.37. The summed E-state index contributed by atoms with van der Waals surface area (Å²) in [5.41, 5.74) is 1.57. The molecule has 0 unspecified atom stereocenters. The Morgan fingerprint density at radius 2 is 1.36 bits per heavy atom. The van der Waals surface area contributed by atoms with Gasteiger partial charge in [-0.2, -0.15) is 4.68 Å². The number of nitrogens with zero attached hydrogens (tertiary/aromatic N) is 4. The van der Waals surface area contributed by atoms with Crippen molar-refractivity contribution in [2.45, 2.75) is 90.9 Å². The molecule has 0 atom stereocenters. The number of rotatable bonds is 14. The van der Waals surface area contributed by atoms with Crippen molar-refractivity contribution in [1.82, 2.24) is 19.9 Å². The van der Waals surface area contributed by atoms with Crippen molar-refractivity contribution in [3.05, 3.63) is 24.3 Å². The lowest BCUT2D eigenvalue weighted by Gasteiger charge is -2.22. The number of fused-ring (bicyclic) bond motifs is 1. The first-order valence-corrected chi connectivity index (χ1v) is 11.4. The molecule has 1 aromatic heterocycles. The minimum absolute atomic E-state index is 0.0317. The van der Waals surface area contributed by atoms with E-state index >= 15 is 0 Å². The molecule has 0 N–H and O–H groups in total. The van der Waals surface area contributed by atoms with Gasteiger partial charge in [-0.25, -0.2) is 4.79 Å². The van der Waals surface area contributed by atoms with Crippen LogP contribution < -0.4 is 0 Å². The van der Waals surface area contributed by atoms with Crippen molar-refractivity contribution in [3.8, 4) is 0 Å². The number of hydrogen-bond acceptors (Lipinski definition) is 3. The van der Waals surface area contributed by atoms with Crippen LogP contribution in [0.4, 0.5) is 4.79 Å². The van der Waals surface area contributed by atoms with E-state index in [1.165, 1.54) is 68.9 Å². The normalized spacial score (nSPS) is 11.2. The van der Waals surface area contributed by atoms with Crippen LogP contribution in [0, 0.1) is 0 Å². The Morgan fingerprint density at radius 3 is 1.96 bits per heavy atom. The highest BCUT2D eigenvalue weighted by Crippen LogP contribution is 2.14. The lowest BCUT2D eigenvalue weighted by molar-refractivity contribution is 0.194. The molecule has 0 aliphatic rings. The van der Waals surface area contributed by atoms with Crippen molar-refractivity contribution < 1.29 is 4.79 Å². The van der Waals surface area contributed by atoms with E-state index < -0.39 is 0 Å². The van der Waals surface area contributed by atoms with E-state index in [2.05, 4.69) is 24.2 Å². The van der Waals surface area contributed by atoms with Gasteiger partial charge < -0.3 is 4.90 Å². The second-order valence-electron chi connectivity index (χ2n) is 7.80. The van der Waals surface area contributed by atoms with Crippen LogP contribution in [-0.2, 0) is 0 Å². The van der Waals surface area contributed by atoms with Gasteiger partial charge in [-0.05, 0) is 25.0 Å². The number of carbonyl (C=O) groups is 1. The number of benzene rings is 1. The summed E-state index contributed by atoms with van der Waals surface area (Å²) in [6.07, 6.45) is 14.8. The highest BCUT2D eigenvalue weighted by Gasteiger charge is 2.18. The molecule has 0 aliphatic heterocycles. The van der Waals surface area contributed by atoms with E-state index in [1.807, 2.05) is 29.2 Å². The first kappa shape index (κ1) is 22.4.